The summed E-state index contributed by atoms with van der Waals surface area (Å²) >= 11 is 6.51. The molecule has 1 unspecified atom stereocenters. The number of nitrogens with one attached hydrogen (secondary N) is 1. The van der Waals surface area contributed by atoms with Crippen molar-refractivity contribution in [1.29, 1.82) is 0 Å². The van der Waals surface area contributed by atoms with Gasteiger partial charge >= 0.3 is 18.0 Å². The van der Waals surface area contributed by atoms with Crippen molar-refractivity contribution in [2.45, 2.75) is 36.9 Å². The van der Waals surface area contributed by atoms with Crippen LogP contribution in [0, 0.1) is 5.82 Å². The lowest BCUT2D eigenvalue weighted by molar-refractivity contribution is -0.206. The summed E-state index contributed by atoms with van der Waals surface area (Å²) < 4.78 is 112. The van der Waals surface area contributed by atoms with Crippen LogP contribution >= 0.6 is 22.9 Å². The minimum atomic E-state index is -4.92. The van der Waals surface area contributed by atoms with Crippen LogP contribution in [0.4, 0.5) is 40.3 Å². The summed E-state index contributed by atoms with van der Waals surface area (Å²) in [4.78, 5) is 7.89. The van der Waals surface area contributed by atoms with E-state index in [-0.39, 0.29) is 34.8 Å². The molecule has 1 atom stereocenters. The predicted octanol–water partition coefficient (Wildman–Crippen LogP) is 8.69. The van der Waals surface area contributed by atoms with Crippen LogP contribution < -0.4 is 5.32 Å². The van der Waals surface area contributed by atoms with Gasteiger partial charge in [-0.3, -0.25) is 4.98 Å². The maximum Gasteiger partial charge on any atom is 0.416 e. The number of alkyl halides is 7. The molecule has 0 aliphatic rings. The van der Waals surface area contributed by atoms with E-state index in [1.807, 2.05) is 0 Å². The van der Waals surface area contributed by atoms with Crippen molar-refractivity contribution in [3.05, 3.63) is 111 Å². The van der Waals surface area contributed by atoms with Crippen molar-refractivity contribution in [3.8, 4) is 0 Å². The Morgan fingerprint density at radius 2 is 1.54 bits per heavy atom. The number of halogens is 9. The smallest absolute Gasteiger partial charge is 0.346 e. The lowest BCUT2D eigenvalue weighted by Gasteiger charge is -2.36. The summed E-state index contributed by atoms with van der Waals surface area (Å²) in [5.41, 5.74) is -4.07. The van der Waals surface area contributed by atoms with Crippen LogP contribution in [-0.4, -0.2) is 15.9 Å². The van der Waals surface area contributed by atoms with Crippen molar-refractivity contribution in [3.63, 3.8) is 0 Å². The van der Waals surface area contributed by atoms with E-state index in [4.69, 9.17) is 11.6 Å². The Labute approximate surface area is 226 Å². The monoisotopic (exact) mass is 591 g/mol. The molecule has 0 fully saturated rings. The first-order valence-corrected chi connectivity index (χ1v) is 12.4. The highest BCUT2D eigenvalue weighted by molar-refractivity contribution is 7.13. The van der Waals surface area contributed by atoms with Gasteiger partial charge < -0.3 is 5.32 Å². The SMILES string of the molecule is CC(F)(F)C(F)(F)c1csc(NC(Cc2ccccc2)(c2cc(F)cc(C(F)(F)F)c2)c2ccc(Cl)cn2)n1. The van der Waals surface area contributed by atoms with Crippen LogP contribution in [0.3, 0.4) is 0 Å². The van der Waals surface area contributed by atoms with Crippen LogP contribution in [0.1, 0.15) is 35.0 Å². The van der Waals surface area contributed by atoms with Crippen molar-refractivity contribution < 1.29 is 35.1 Å². The molecule has 0 spiro atoms. The normalized spacial score (nSPS) is 14.2. The Hall–Kier alpha value is -3.25. The van der Waals surface area contributed by atoms with Gasteiger partial charge in [-0.05, 0) is 41.5 Å². The van der Waals surface area contributed by atoms with E-state index >= 15 is 0 Å². The Balaban J connectivity index is 1.97. The fourth-order valence-corrected chi connectivity index (χ4v) is 4.85. The third-order valence-corrected chi connectivity index (χ3v) is 6.87. The lowest BCUT2D eigenvalue weighted by atomic mass is 9.80. The van der Waals surface area contributed by atoms with Crippen LogP contribution in [0.25, 0.3) is 0 Å². The minimum absolute atomic E-state index is 0.0406. The van der Waals surface area contributed by atoms with Gasteiger partial charge in [0.2, 0.25) is 0 Å². The van der Waals surface area contributed by atoms with Crippen molar-refractivity contribution in [2.24, 2.45) is 0 Å². The highest BCUT2D eigenvalue weighted by Crippen LogP contribution is 2.45. The maximum absolute atomic E-state index is 14.7. The Morgan fingerprint density at radius 3 is 2.13 bits per heavy atom. The molecule has 0 aliphatic heterocycles. The lowest BCUT2D eigenvalue weighted by Crippen LogP contribution is -2.40. The molecular formula is C26H18ClF8N3S. The molecule has 0 aliphatic carbocycles. The molecule has 39 heavy (non-hydrogen) atoms. The van der Waals surface area contributed by atoms with Gasteiger partial charge in [0.25, 0.3) is 0 Å². The van der Waals surface area contributed by atoms with Gasteiger partial charge in [0.1, 0.15) is 17.1 Å². The Morgan fingerprint density at radius 1 is 0.872 bits per heavy atom. The summed E-state index contributed by atoms with van der Waals surface area (Å²) in [5.74, 6) is -10.3. The Kier molecular flexibility index (Phi) is 7.65. The molecular weight excluding hydrogens is 574 g/mol. The number of nitrogens with zero attached hydrogens (tertiary/aromatic N) is 2. The molecule has 0 radical (unpaired) electrons. The van der Waals surface area contributed by atoms with Gasteiger partial charge in [-0.15, -0.1) is 11.3 Å². The summed E-state index contributed by atoms with van der Waals surface area (Å²) in [7, 11) is 0. The molecule has 2 aromatic heterocycles. The number of hydrogen-bond acceptors (Lipinski definition) is 4. The van der Waals surface area contributed by atoms with Crippen molar-refractivity contribution in [1.82, 2.24) is 9.97 Å². The van der Waals surface area contributed by atoms with E-state index in [1.54, 1.807) is 30.3 Å². The van der Waals surface area contributed by atoms with E-state index in [9.17, 15) is 35.1 Å². The largest absolute Gasteiger partial charge is 0.416 e. The summed E-state index contributed by atoms with van der Waals surface area (Å²) in [6.45, 7) is 0.0438. The van der Waals surface area contributed by atoms with Crippen molar-refractivity contribution >= 4 is 28.1 Å². The zero-order chi connectivity index (χ0) is 28.6. The second-order valence-corrected chi connectivity index (χ2v) is 10.1. The average Bonchev–Trinajstić information content (AvgIpc) is 3.32. The van der Waals surface area contributed by atoms with E-state index in [0.717, 1.165) is 11.4 Å². The average molecular weight is 592 g/mol. The fourth-order valence-electron chi connectivity index (χ4n) is 3.93. The van der Waals surface area contributed by atoms with Gasteiger partial charge in [0.05, 0.1) is 16.3 Å². The fraction of sp³-hybridized carbons (Fsp3) is 0.231. The first-order valence-electron chi connectivity index (χ1n) is 11.2. The molecule has 0 amide bonds. The molecule has 3 nitrogen and oxygen atoms in total. The quantitative estimate of drug-likeness (QED) is 0.208. The molecule has 2 heterocycles. The molecule has 0 saturated carbocycles. The Bertz CT molecular complexity index is 1440. The molecule has 4 rings (SSSR count). The van der Waals surface area contributed by atoms with E-state index < -0.39 is 40.6 Å². The second kappa shape index (κ2) is 10.4. The van der Waals surface area contributed by atoms with Gasteiger partial charge in [0, 0.05) is 24.9 Å². The van der Waals surface area contributed by atoms with E-state index in [1.165, 1.54) is 18.3 Å². The summed E-state index contributed by atoms with van der Waals surface area (Å²) in [6, 6.07) is 13.0. The molecule has 13 heteroatoms. The van der Waals surface area contributed by atoms with Crippen LogP contribution in [0.5, 0.6) is 0 Å². The van der Waals surface area contributed by atoms with Gasteiger partial charge in [0.15, 0.2) is 5.13 Å². The van der Waals surface area contributed by atoms with Gasteiger partial charge in [-0.2, -0.15) is 30.7 Å². The van der Waals surface area contributed by atoms with Crippen LogP contribution in [-0.2, 0) is 24.1 Å². The first kappa shape index (κ1) is 28.8. The number of aromatic nitrogens is 2. The maximum atomic E-state index is 14.7. The highest BCUT2D eigenvalue weighted by Gasteiger charge is 2.55. The zero-order valence-electron chi connectivity index (χ0n) is 19.8. The molecule has 0 bridgehead atoms. The summed E-state index contributed by atoms with van der Waals surface area (Å²) in [6.07, 6.45) is -3.88. The third kappa shape index (κ3) is 6.01. The summed E-state index contributed by atoms with van der Waals surface area (Å²) in [5, 5.41) is 3.40. The van der Waals surface area contributed by atoms with Gasteiger partial charge in [-0.1, -0.05) is 41.9 Å². The minimum Gasteiger partial charge on any atom is -0.346 e. The van der Waals surface area contributed by atoms with E-state index in [0.29, 0.717) is 29.0 Å². The molecule has 2 aromatic carbocycles. The molecule has 1 N–H and O–H groups in total. The molecule has 0 saturated heterocycles. The topological polar surface area (TPSA) is 37.8 Å². The van der Waals surface area contributed by atoms with Gasteiger partial charge in [-0.25, -0.2) is 9.37 Å². The standard InChI is InChI=1S/C26H18ClF8N3S/c1-23(29,30)25(31,32)21-14-39-22(37-21)38-24(12-15-5-3-2-4-6-15,20-8-7-18(27)13-36-20)16-9-17(26(33,34)35)11-19(28)10-16/h2-11,13-14H,12H2,1H3,(H,37,38). The highest BCUT2D eigenvalue weighted by atomic mass is 35.5. The zero-order valence-corrected chi connectivity index (χ0v) is 21.4. The third-order valence-electron chi connectivity index (χ3n) is 5.89. The second-order valence-electron chi connectivity index (χ2n) is 8.78. The number of hydrogen-bond donors (Lipinski definition) is 1. The van der Waals surface area contributed by atoms with E-state index in [2.05, 4.69) is 15.3 Å². The number of anilines is 1. The van der Waals surface area contributed by atoms with Crippen LogP contribution in [0.15, 0.2) is 72.2 Å². The van der Waals surface area contributed by atoms with Crippen molar-refractivity contribution in [2.75, 3.05) is 5.32 Å². The number of thiazole rings is 1. The predicted molar refractivity (Wildman–Crippen MR) is 132 cm³/mol. The first-order chi connectivity index (χ1) is 18.1. The number of rotatable bonds is 8. The molecule has 4 aromatic rings. The number of pyridine rings is 1. The molecule has 206 valence electrons. The number of benzene rings is 2. The van der Waals surface area contributed by atoms with Crippen LogP contribution in [0.2, 0.25) is 5.02 Å².